The molecule has 0 saturated heterocycles. The van der Waals surface area contributed by atoms with E-state index >= 15 is 0 Å². The van der Waals surface area contributed by atoms with E-state index in [0.29, 0.717) is 16.7 Å². The van der Waals surface area contributed by atoms with Gasteiger partial charge in [0.25, 0.3) is 5.91 Å². The Morgan fingerprint density at radius 3 is 2.55 bits per heavy atom. The summed E-state index contributed by atoms with van der Waals surface area (Å²) in [6.07, 6.45) is 3.63. The van der Waals surface area contributed by atoms with Gasteiger partial charge in [-0.2, -0.15) is 0 Å². The largest absolute Gasteiger partial charge is 0.506 e. The second kappa shape index (κ2) is 4.00. The second-order valence-corrected chi connectivity index (χ2v) is 5.42. The number of amides is 1. The van der Waals surface area contributed by atoms with Crippen molar-refractivity contribution >= 4 is 22.8 Å². The second-order valence-electron chi connectivity index (χ2n) is 5.42. The van der Waals surface area contributed by atoms with Crippen molar-refractivity contribution in [2.75, 3.05) is 0 Å². The summed E-state index contributed by atoms with van der Waals surface area (Å²) < 4.78 is 5.97. The van der Waals surface area contributed by atoms with Gasteiger partial charge in [0.2, 0.25) is 0 Å². The van der Waals surface area contributed by atoms with Gasteiger partial charge in [-0.1, -0.05) is 30.3 Å². The number of phenols is 1. The number of hydrogen-bond donors (Lipinski definition) is 2. The summed E-state index contributed by atoms with van der Waals surface area (Å²) in [5.74, 6) is -0.183. The Balaban J connectivity index is 2.47. The molecule has 0 aromatic heterocycles. The molecule has 3 N–H and O–H groups in total. The van der Waals surface area contributed by atoms with Gasteiger partial charge < -0.3 is 15.6 Å². The molecule has 4 nitrogen and oxygen atoms in total. The van der Waals surface area contributed by atoms with E-state index in [0.717, 1.165) is 5.39 Å². The lowest BCUT2D eigenvalue weighted by molar-refractivity contribution is 0.0995. The highest BCUT2D eigenvalue weighted by Crippen LogP contribution is 2.44. The third kappa shape index (κ3) is 1.72. The number of ether oxygens (including phenoxy) is 1. The zero-order valence-electron chi connectivity index (χ0n) is 11.3. The van der Waals surface area contributed by atoms with Crippen LogP contribution in [0.3, 0.4) is 0 Å². The first-order valence-electron chi connectivity index (χ1n) is 6.36. The minimum atomic E-state index is -0.669. The van der Waals surface area contributed by atoms with Crippen molar-refractivity contribution in [3.63, 3.8) is 0 Å². The first-order valence-corrected chi connectivity index (χ1v) is 6.36. The fraction of sp³-hybridized carbons (Fsp3) is 0.188. The van der Waals surface area contributed by atoms with Crippen LogP contribution in [0.25, 0.3) is 16.8 Å². The highest BCUT2D eigenvalue weighted by molar-refractivity contribution is 6.09. The number of primary amides is 1. The fourth-order valence-corrected chi connectivity index (χ4v) is 2.51. The monoisotopic (exact) mass is 269 g/mol. The van der Waals surface area contributed by atoms with E-state index in [1.807, 2.05) is 32.1 Å². The van der Waals surface area contributed by atoms with E-state index < -0.39 is 11.5 Å². The first kappa shape index (κ1) is 12.5. The lowest BCUT2D eigenvalue weighted by Crippen LogP contribution is -2.28. The van der Waals surface area contributed by atoms with Gasteiger partial charge in [0.15, 0.2) is 0 Å². The molecular weight excluding hydrogens is 254 g/mol. The average molecular weight is 269 g/mol. The Labute approximate surface area is 116 Å². The first-order chi connectivity index (χ1) is 9.41. The molecule has 2 aromatic carbocycles. The van der Waals surface area contributed by atoms with E-state index in [4.69, 9.17) is 10.5 Å². The number of nitrogens with two attached hydrogens (primary N) is 1. The quantitative estimate of drug-likeness (QED) is 0.836. The Hall–Kier alpha value is -2.49. The van der Waals surface area contributed by atoms with Crippen LogP contribution in [0.15, 0.2) is 30.3 Å². The summed E-state index contributed by atoms with van der Waals surface area (Å²) in [7, 11) is 0. The van der Waals surface area contributed by atoms with Crippen LogP contribution >= 0.6 is 0 Å². The number of aromatic hydroxyl groups is 1. The smallest absolute Gasteiger partial charge is 0.253 e. The molecule has 102 valence electrons. The highest BCUT2D eigenvalue weighted by Gasteiger charge is 2.29. The van der Waals surface area contributed by atoms with Crippen molar-refractivity contribution in [1.82, 2.24) is 0 Å². The molecule has 1 heterocycles. The van der Waals surface area contributed by atoms with Crippen LogP contribution in [-0.4, -0.2) is 16.6 Å². The zero-order chi connectivity index (χ0) is 14.5. The molecule has 0 unspecified atom stereocenters. The lowest BCUT2D eigenvalue weighted by Gasteiger charge is -2.30. The molecule has 0 fully saturated rings. The van der Waals surface area contributed by atoms with Crippen molar-refractivity contribution in [1.29, 1.82) is 0 Å². The highest BCUT2D eigenvalue weighted by atomic mass is 16.5. The zero-order valence-corrected chi connectivity index (χ0v) is 11.3. The van der Waals surface area contributed by atoms with Crippen LogP contribution in [0.4, 0.5) is 0 Å². The Bertz CT molecular complexity index is 760. The van der Waals surface area contributed by atoms with Crippen molar-refractivity contribution in [3.8, 4) is 11.5 Å². The maximum atomic E-state index is 11.7. The summed E-state index contributed by atoms with van der Waals surface area (Å²) in [5, 5.41) is 11.6. The van der Waals surface area contributed by atoms with Crippen molar-refractivity contribution in [2.45, 2.75) is 19.4 Å². The number of carbonyl (C=O) groups is 1. The molecule has 2 aromatic rings. The predicted octanol–water partition coefficient (Wildman–Crippen LogP) is 2.83. The Morgan fingerprint density at radius 2 is 1.90 bits per heavy atom. The van der Waals surface area contributed by atoms with Gasteiger partial charge in [0.1, 0.15) is 17.1 Å². The molecule has 4 heteroatoms. The van der Waals surface area contributed by atoms with Gasteiger partial charge in [0.05, 0.1) is 5.56 Å². The molecule has 20 heavy (non-hydrogen) atoms. The van der Waals surface area contributed by atoms with Gasteiger partial charge in [-0.05, 0) is 19.9 Å². The van der Waals surface area contributed by atoms with Gasteiger partial charge in [-0.25, -0.2) is 0 Å². The maximum absolute atomic E-state index is 11.7. The molecule has 0 radical (unpaired) electrons. The summed E-state index contributed by atoms with van der Waals surface area (Å²) >= 11 is 0. The van der Waals surface area contributed by atoms with E-state index in [-0.39, 0.29) is 11.3 Å². The predicted molar refractivity (Wildman–Crippen MR) is 77.9 cm³/mol. The van der Waals surface area contributed by atoms with Crippen LogP contribution in [0, 0.1) is 0 Å². The summed E-state index contributed by atoms with van der Waals surface area (Å²) in [6.45, 7) is 3.86. The molecule has 0 aliphatic carbocycles. The van der Waals surface area contributed by atoms with Crippen molar-refractivity contribution < 1.29 is 14.6 Å². The van der Waals surface area contributed by atoms with E-state index in [9.17, 15) is 9.90 Å². The van der Waals surface area contributed by atoms with Crippen molar-refractivity contribution in [2.24, 2.45) is 5.73 Å². The number of rotatable bonds is 1. The normalized spacial score (nSPS) is 15.7. The van der Waals surface area contributed by atoms with Crippen LogP contribution in [0.1, 0.15) is 29.8 Å². The van der Waals surface area contributed by atoms with Gasteiger partial charge in [0, 0.05) is 16.3 Å². The van der Waals surface area contributed by atoms with Crippen LogP contribution < -0.4 is 10.5 Å². The molecular formula is C16H15NO3. The lowest BCUT2D eigenvalue weighted by atomic mass is 9.93. The standard InChI is InChI=1S/C16H15NO3/c1-16(2)8-7-11-12(15(17)19)13(18)9-5-3-4-6-10(9)14(11)20-16/h3-8,18H,1-2H3,(H2,17,19). The summed E-state index contributed by atoms with van der Waals surface area (Å²) in [6, 6.07) is 7.25. The summed E-state index contributed by atoms with van der Waals surface area (Å²) in [5.41, 5.74) is 5.58. The molecule has 3 rings (SSSR count). The number of carbonyl (C=O) groups excluding carboxylic acids is 1. The van der Waals surface area contributed by atoms with E-state index in [1.54, 1.807) is 18.2 Å². The fourth-order valence-electron chi connectivity index (χ4n) is 2.51. The van der Waals surface area contributed by atoms with Gasteiger partial charge in [-0.15, -0.1) is 0 Å². The van der Waals surface area contributed by atoms with Crippen LogP contribution in [0.5, 0.6) is 11.5 Å². The number of benzene rings is 2. The molecule has 1 aliphatic heterocycles. The minimum absolute atomic E-state index is 0.0974. The Kier molecular flexibility index (Phi) is 2.51. The van der Waals surface area contributed by atoms with Gasteiger partial charge >= 0.3 is 0 Å². The van der Waals surface area contributed by atoms with Crippen LogP contribution in [-0.2, 0) is 0 Å². The number of hydrogen-bond acceptors (Lipinski definition) is 3. The molecule has 0 bridgehead atoms. The third-order valence-electron chi connectivity index (χ3n) is 3.44. The average Bonchev–Trinajstić information content (AvgIpc) is 2.39. The Morgan fingerprint density at radius 1 is 1.25 bits per heavy atom. The molecule has 0 saturated carbocycles. The molecule has 0 atom stereocenters. The third-order valence-corrected chi connectivity index (χ3v) is 3.44. The minimum Gasteiger partial charge on any atom is -0.506 e. The van der Waals surface area contributed by atoms with Crippen LogP contribution in [0.2, 0.25) is 0 Å². The van der Waals surface area contributed by atoms with E-state index in [2.05, 4.69) is 0 Å². The number of fused-ring (bicyclic) bond motifs is 3. The maximum Gasteiger partial charge on any atom is 0.253 e. The van der Waals surface area contributed by atoms with Crippen molar-refractivity contribution in [3.05, 3.63) is 41.5 Å². The topological polar surface area (TPSA) is 72.6 Å². The SMILES string of the molecule is CC1(C)C=Cc2c(C(N)=O)c(O)c3ccccc3c2O1. The molecule has 0 spiro atoms. The van der Waals surface area contributed by atoms with Gasteiger partial charge in [-0.3, -0.25) is 4.79 Å². The summed E-state index contributed by atoms with van der Waals surface area (Å²) in [4.78, 5) is 11.7. The molecule has 1 aliphatic rings. The molecule has 1 amide bonds. The van der Waals surface area contributed by atoms with E-state index in [1.165, 1.54) is 0 Å².